The summed E-state index contributed by atoms with van der Waals surface area (Å²) in [6, 6.07) is 0. The summed E-state index contributed by atoms with van der Waals surface area (Å²) in [4.78, 5) is 0. The summed E-state index contributed by atoms with van der Waals surface area (Å²) in [6.07, 6.45) is 17.5. The summed E-state index contributed by atoms with van der Waals surface area (Å²) in [5, 5.41) is 10.9. The van der Waals surface area contributed by atoms with Crippen LogP contribution in [0.5, 0.6) is 0 Å². The molecular weight excluding hydrogens is 400 g/mol. The normalized spacial score (nSPS) is 51.4. The molecule has 0 bridgehead atoms. The third-order valence-electron chi connectivity index (χ3n) is 13.8. The summed E-state index contributed by atoms with van der Waals surface area (Å²) in [5.41, 5.74) is 4.02. The van der Waals surface area contributed by atoms with Crippen molar-refractivity contribution in [2.75, 3.05) is 0 Å². The zero-order valence-electron chi connectivity index (χ0n) is 23.3. The van der Waals surface area contributed by atoms with E-state index in [1.807, 2.05) is 0 Å². The molecule has 0 aromatic carbocycles. The van der Waals surface area contributed by atoms with Gasteiger partial charge in [0.1, 0.15) is 0 Å². The van der Waals surface area contributed by atoms with Gasteiger partial charge in [0.2, 0.25) is 0 Å². The maximum Gasteiger partial charge on any atom is 0.0594 e. The van der Waals surface area contributed by atoms with Gasteiger partial charge in [0.25, 0.3) is 0 Å². The maximum absolute atomic E-state index is 10.9. The van der Waals surface area contributed by atoms with Crippen molar-refractivity contribution in [1.29, 1.82) is 0 Å². The lowest BCUT2D eigenvalue weighted by Gasteiger charge is -2.63. The second-order valence-electron chi connectivity index (χ2n) is 15.1. The highest BCUT2D eigenvalue weighted by molar-refractivity contribution is 5.30. The molecule has 1 nitrogen and oxygen atoms in total. The molecule has 5 saturated carbocycles. The van der Waals surface area contributed by atoms with E-state index in [9.17, 15) is 5.11 Å². The van der Waals surface area contributed by atoms with Gasteiger partial charge in [-0.1, -0.05) is 60.1 Å². The Kier molecular flexibility index (Phi) is 5.62. The Hall–Kier alpha value is -0.300. The van der Waals surface area contributed by atoms with Gasteiger partial charge >= 0.3 is 0 Å². The van der Waals surface area contributed by atoms with E-state index in [-0.39, 0.29) is 11.5 Å². The standard InChI is InChI=1S/C32H54O/c1-9-23(21(2)3)11-10-22(4)24-14-16-30(8)26-13-12-25-28(5,6)27(33)15-17-31(25)20-32(26,31)19-18-29(24,30)7/h9,21-22,24-27,33H,10-20H2,1-8H3/b23-9+/t22-,24-,25+,26+,27-,29-,30+,31-,32+/m1/s1. The average molecular weight is 455 g/mol. The molecule has 33 heavy (non-hydrogen) atoms. The largest absolute Gasteiger partial charge is 0.393 e. The van der Waals surface area contributed by atoms with Crippen molar-refractivity contribution in [1.82, 2.24) is 0 Å². The van der Waals surface area contributed by atoms with E-state index in [1.54, 1.807) is 5.57 Å². The van der Waals surface area contributed by atoms with Gasteiger partial charge < -0.3 is 5.11 Å². The van der Waals surface area contributed by atoms with Gasteiger partial charge in [0.15, 0.2) is 0 Å². The summed E-state index contributed by atoms with van der Waals surface area (Å²) >= 11 is 0. The van der Waals surface area contributed by atoms with E-state index in [4.69, 9.17) is 0 Å². The fourth-order valence-electron chi connectivity index (χ4n) is 11.7. The molecule has 0 radical (unpaired) electrons. The van der Waals surface area contributed by atoms with Gasteiger partial charge in [-0.15, -0.1) is 0 Å². The van der Waals surface area contributed by atoms with Crippen molar-refractivity contribution in [3.05, 3.63) is 11.6 Å². The molecule has 5 aliphatic rings. The van der Waals surface area contributed by atoms with Crippen molar-refractivity contribution in [3.63, 3.8) is 0 Å². The van der Waals surface area contributed by atoms with Crippen LogP contribution >= 0.6 is 0 Å². The van der Waals surface area contributed by atoms with E-state index in [0.29, 0.717) is 27.6 Å². The van der Waals surface area contributed by atoms with Crippen molar-refractivity contribution in [2.45, 2.75) is 132 Å². The van der Waals surface area contributed by atoms with Crippen LogP contribution in [0.3, 0.4) is 0 Å². The molecule has 5 aliphatic carbocycles. The zero-order valence-corrected chi connectivity index (χ0v) is 23.3. The Bertz CT molecular complexity index is 807. The number of aliphatic hydroxyl groups excluding tert-OH is 1. The van der Waals surface area contributed by atoms with Gasteiger partial charge in [-0.3, -0.25) is 0 Å². The van der Waals surface area contributed by atoms with E-state index in [2.05, 4.69) is 61.5 Å². The molecule has 9 atom stereocenters. The van der Waals surface area contributed by atoms with Crippen molar-refractivity contribution < 1.29 is 5.11 Å². The van der Waals surface area contributed by atoms with Crippen LogP contribution in [-0.2, 0) is 0 Å². The lowest BCUT2D eigenvalue weighted by molar-refractivity contribution is -0.161. The molecule has 1 heteroatoms. The van der Waals surface area contributed by atoms with Gasteiger partial charge in [-0.25, -0.2) is 0 Å². The Morgan fingerprint density at radius 3 is 2.18 bits per heavy atom. The van der Waals surface area contributed by atoms with Crippen molar-refractivity contribution in [2.24, 2.45) is 56.7 Å². The first-order valence-electron chi connectivity index (χ1n) is 14.7. The van der Waals surface area contributed by atoms with Crippen LogP contribution in [0.25, 0.3) is 0 Å². The lowest BCUT2D eigenvalue weighted by atomic mass is 9.41. The van der Waals surface area contributed by atoms with E-state index in [1.165, 1.54) is 64.2 Å². The van der Waals surface area contributed by atoms with Gasteiger partial charge in [-0.2, -0.15) is 0 Å². The predicted molar refractivity (Wildman–Crippen MR) is 140 cm³/mol. The lowest BCUT2D eigenvalue weighted by Crippen LogP contribution is -2.57. The molecule has 1 N–H and O–H groups in total. The number of allylic oxidation sites excluding steroid dienone is 2. The maximum atomic E-state index is 10.9. The van der Waals surface area contributed by atoms with Crippen LogP contribution in [0.15, 0.2) is 11.6 Å². The number of hydrogen-bond acceptors (Lipinski definition) is 1. The van der Waals surface area contributed by atoms with Crippen LogP contribution < -0.4 is 0 Å². The molecule has 0 unspecified atom stereocenters. The second kappa shape index (κ2) is 7.60. The van der Waals surface area contributed by atoms with Crippen LogP contribution in [0.4, 0.5) is 0 Å². The highest BCUT2D eigenvalue weighted by atomic mass is 16.3. The highest BCUT2D eigenvalue weighted by Gasteiger charge is 2.82. The van der Waals surface area contributed by atoms with E-state index in [0.717, 1.165) is 30.1 Å². The third-order valence-corrected chi connectivity index (χ3v) is 13.8. The summed E-state index contributed by atoms with van der Waals surface area (Å²) in [7, 11) is 0. The van der Waals surface area contributed by atoms with Gasteiger partial charge in [-0.05, 0) is 134 Å². The topological polar surface area (TPSA) is 20.2 Å². The van der Waals surface area contributed by atoms with Crippen LogP contribution in [0, 0.1) is 56.7 Å². The molecular formula is C32H54O. The SMILES string of the molecule is C/C=C(\CC[C@@H](C)[C@H]1CC[C@@]2(C)[C@@H]3CC[C@H]4C(C)(C)[C@H](O)CC[C@@]45C[C@@]35CC[C@]12C)C(C)C. The Labute approximate surface area is 205 Å². The fourth-order valence-corrected chi connectivity index (χ4v) is 11.7. The number of hydrogen-bond donors (Lipinski definition) is 1. The molecule has 0 aromatic rings. The minimum Gasteiger partial charge on any atom is -0.393 e. The van der Waals surface area contributed by atoms with Crippen LogP contribution in [0.2, 0.25) is 0 Å². The molecule has 0 saturated heterocycles. The fraction of sp³-hybridized carbons (Fsp3) is 0.938. The predicted octanol–water partition coefficient (Wildman–Crippen LogP) is 8.81. The van der Waals surface area contributed by atoms with E-state index < -0.39 is 0 Å². The number of aliphatic hydroxyl groups is 1. The first-order valence-corrected chi connectivity index (χ1v) is 14.7. The first kappa shape index (κ1) is 24.4. The summed E-state index contributed by atoms with van der Waals surface area (Å²) in [5.74, 6) is 4.13. The molecule has 0 aromatic heterocycles. The molecule has 5 rings (SSSR count). The third kappa shape index (κ3) is 2.99. The van der Waals surface area contributed by atoms with E-state index >= 15 is 0 Å². The zero-order chi connectivity index (χ0) is 24.0. The first-order chi connectivity index (χ1) is 15.4. The minimum absolute atomic E-state index is 0.0867. The van der Waals surface area contributed by atoms with Crippen LogP contribution in [-0.4, -0.2) is 11.2 Å². The monoisotopic (exact) mass is 454 g/mol. The summed E-state index contributed by atoms with van der Waals surface area (Å²) < 4.78 is 0. The second-order valence-corrected chi connectivity index (χ2v) is 15.1. The summed E-state index contributed by atoms with van der Waals surface area (Å²) in [6.45, 7) is 19.8. The minimum atomic E-state index is -0.0867. The highest BCUT2D eigenvalue weighted by Crippen LogP contribution is 2.89. The number of fused-ring (bicyclic) bond motifs is 2. The van der Waals surface area contributed by atoms with Gasteiger partial charge in [0, 0.05) is 0 Å². The number of rotatable bonds is 5. The molecule has 5 fully saturated rings. The van der Waals surface area contributed by atoms with Gasteiger partial charge in [0.05, 0.1) is 6.10 Å². The quantitative estimate of drug-likeness (QED) is 0.411. The Balaban J connectivity index is 1.38. The van der Waals surface area contributed by atoms with Crippen LogP contribution in [0.1, 0.15) is 126 Å². The smallest absolute Gasteiger partial charge is 0.0594 e. The Morgan fingerprint density at radius 2 is 1.52 bits per heavy atom. The molecule has 188 valence electrons. The van der Waals surface area contributed by atoms with Crippen molar-refractivity contribution in [3.8, 4) is 0 Å². The Morgan fingerprint density at radius 1 is 0.848 bits per heavy atom. The average Bonchev–Trinajstić information content (AvgIpc) is 3.34. The molecule has 0 aliphatic heterocycles. The van der Waals surface area contributed by atoms with Crippen molar-refractivity contribution >= 4 is 0 Å². The molecule has 0 amide bonds. The molecule has 2 spiro atoms. The molecule has 0 heterocycles.